The smallest absolute Gasteiger partial charge is 0.207 e. The Hall–Kier alpha value is -2.68. The zero-order chi connectivity index (χ0) is 18.3. The van der Waals surface area contributed by atoms with Crippen LogP contribution in [0.4, 0.5) is 19.1 Å². The summed E-state index contributed by atoms with van der Waals surface area (Å²) in [6, 6.07) is 3.68. The van der Waals surface area contributed by atoms with Crippen molar-refractivity contribution in [1.29, 1.82) is 0 Å². The molecule has 2 aromatic heterocycles. The topological polar surface area (TPSA) is 72.9 Å². The van der Waals surface area contributed by atoms with Gasteiger partial charge in [-0.3, -0.25) is 0 Å². The van der Waals surface area contributed by atoms with E-state index in [-0.39, 0.29) is 6.54 Å². The molecule has 0 radical (unpaired) electrons. The molecule has 2 N–H and O–H groups in total. The van der Waals surface area contributed by atoms with Crippen molar-refractivity contribution in [2.24, 2.45) is 5.73 Å². The standard InChI is InChI=1S/C17H17F3N6/c18-10-1-2-15-14(5-10)24-17(25-4-3-12(20)13(21)8-25)26(15)9-16-22-6-11(19)7-23-16/h1-2,5-7,12-13H,3-4,8-9,21H2. The Morgan fingerprint density at radius 3 is 2.65 bits per heavy atom. The van der Waals surface area contributed by atoms with Crippen LogP contribution in [0.5, 0.6) is 0 Å². The predicted molar refractivity (Wildman–Crippen MR) is 90.5 cm³/mol. The molecule has 0 spiro atoms. The number of piperidine rings is 1. The van der Waals surface area contributed by atoms with Crippen molar-refractivity contribution in [3.63, 3.8) is 0 Å². The Morgan fingerprint density at radius 2 is 1.92 bits per heavy atom. The van der Waals surface area contributed by atoms with Gasteiger partial charge in [0.15, 0.2) is 5.82 Å². The van der Waals surface area contributed by atoms with Crippen LogP contribution in [0, 0.1) is 11.6 Å². The van der Waals surface area contributed by atoms with Gasteiger partial charge in [0, 0.05) is 19.2 Å². The summed E-state index contributed by atoms with van der Waals surface area (Å²) in [6.45, 7) is 0.977. The summed E-state index contributed by atoms with van der Waals surface area (Å²) in [7, 11) is 0. The van der Waals surface area contributed by atoms with E-state index in [1.165, 1.54) is 12.1 Å². The molecule has 1 aliphatic heterocycles. The molecule has 3 aromatic rings. The van der Waals surface area contributed by atoms with E-state index in [2.05, 4.69) is 15.0 Å². The van der Waals surface area contributed by atoms with Crippen molar-refractivity contribution in [2.75, 3.05) is 18.0 Å². The summed E-state index contributed by atoms with van der Waals surface area (Å²) in [5.74, 6) is 0.00949. The van der Waals surface area contributed by atoms with Crippen LogP contribution >= 0.6 is 0 Å². The summed E-state index contributed by atoms with van der Waals surface area (Å²) in [4.78, 5) is 14.3. The van der Waals surface area contributed by atoms with Gasteiger partial charge in [-0.05, 0) is 18.6 Å². The van der Waals surface area contributed by atoms with Gasteiger partial charge in [-0.15, -0.1) is 0 Å². The number of benzene rings is 1. The number of hydrogen-bond acceptors (Lipinski definition) is 5. The molecule has 0 amide bonds. The second-order valence-corrected chi connectivity index (χ2v) is 6.36. The van der Waals surface area contributed by atoms with Crippen LogP contribution in [0.3, 0.4) is 0 Å². The van der Waals surface area contributed by atoms with Gasteiger partial charge in [-0.1, -0.05) is 0 Å². The predicted octanol–water partition coefficient (Wildman–Crippen LogP) is 2.03. The SMILES string of the molecule is NC1CN(c2nc3cc(F)ccc3n2Cc2ncc(F)cn2)CCC1F. The van der Waals surface area contributed by atoms with E-state index in [4.69, 9.17) is 5.73 Å². The molecule has 2 atom stereocenters. The molecule has 3 heterocycles. The minimum atomic E-state index is -1.05. The molecule has 1 fully saturated rings. The van der Waals surface area contributed by atoms with E-state index >= 15 is 0 Å². The third-order valence-corrected chi connectivity index (χ3v) is 4.52. The molecule has 1 saturated heterocycles. The molecular formula is C17H17F3N6. The number of aromatic nitrogens is 4. The maximum Gasteiger partial charge on any atom is 0.207 e. The lowest BCUT2D eigenvalue weighted by molar-refractivity contribution is 0.243. The van der Waals surface area contributed by atoms with E-state index in [9.17, 15) is 13.2 Å². The van der Waals surface area contributed by atoms with Crippen LogP contribution in [0.15, 0.2) is 30.6 Å². The monoisotopic (exact) mass is 362 g/mol. The number of imidazole rings is 1. The maximum absolute atomic E-state index is 13.7. The first-order valence-corrected chi connectivity index (χ1v) is 8.28. The van der Waals surface area contributed by atoms with Crippen LogP contribution < -0.4 is 10.6 Å². The lowest BCUT2D eigenvalue weighted by Crippen LogP contribution is -2.50. The van der Waals surface area contributed by atoms with Crippen molar-refractivity contribution in [3.8, 4) is 0 Å². The third-order valence-electron chi connectivity index (χ3n) is 4.52. The second kappa shape index (κ2) is 6.56. The van der Waals surface area contributed by atoms with Gasteiger partial charge in [0.05, 0.1) is 36.0 Å². The fourth-order valence-corrected chi connectivity index (χ4v) is 3.18. The van der Waals surface area contributed by atoms with E-state index in [0.717, 1.165) is 12.4 Å². The van der Waals surface area contributed by atoms with E-state index in [1.807, 2.05) is 9.47 Å². The average Bonchev–Trinajstić information content (AvgIpc) is 2.97. The van der Waals surface area contributed by atoms with Crippen molar-refractivity contribution >= 4 is 17.0 Å². The van der Waals surface area contributed by atoms with Gasteiger partial charge in [0.2, 0.25) is 5.95 Å². The zero-order valence-corrected chi connectivity index (χ0v) is 13.8. The molecule has 0 bridgehead atoms. The van der Waals surface area contributed by atoms with E-state index < -0.39 is 23.8 Å². The van der Waals surface area contributed by atoms with Crippen molar-refractivity contribution in [3.05, 3.63) is 48.1 Å². The third kappa shape index (κ3) is 3.10. The quantitative estimate of drug-likeness (QED) is 0.772. The zero-order valence-electron chi connectivity index (χ0n) is 13.8. The molecule has 2 unspecified atom stereocenters. The molecule has 136 valence electrons. The number of hydrogen-bond donors (Lipinski definition) is 1. The van der Waals surface area contributed by atoms with E-state index in [0.29, 0.717) is 42.3 Å². The maximum atomic E-state index is 13.7. The fraction of sp³-hybridized carbons (Fsp3) is 0.353. The number of anilines is 1. The number of alkyl halides is 1. The highest BCUT2D eigenvalue weighted by atomic mass is 19.1. The highest BCUT2D eigenvalue weighted by Crippen LogP contribution is 2.27. The Kier molecular flexibility index (Phi) is 4.23. The summed E-state index contributed by atoms with van der Waals surface area (Å²) in [5.41, 5.74) is 7.02. The lowest BCUT2D eigenvalue weighted by Gasteiger charge is -2.34. The molecule has 6 nitrogen and oxygen atoms in total. The van der Waals surface area contributed by atoms with Gasteiger partial charge in [0.25, 0.3) is 0 Å². The number of nitrogens with zero attached hydrogens (tertiary/aromatic N) is 5. The lowest BCUT2D eigenvalue weighted by atomic mass is 10.1. The first-order valence-electron chi connectivity index (χ1n) is 8.28. The molecule has 0 aliphatic carbocycles. The minimum Gasteiger partial charge on any atom is -0.340 e. The summed E-state index contributed by atoms with van der Waals surface area (Å²) >= 11 is 0. The number of nitrogens with two attached hydrogens (primary N) is 1. The molecule has 0 saturated carbocycles. The summed E-state index contributed by atoms with van der Waals surface area (Å²) < 4.78 is 42.2. The first-order chi connectivity index (χ1) is 12.5. The van der Waals surface area contributed by atoms with Crippen LogP contribution in [0.25, 0.3) is 11.0 Å². The molecule has 1 aromatic carbocycles. The number of fused-ring (bicyclic) bond motifs is 1. The van der Waals surface area contributed by atoms with E-state index in [1.54, 1.807) is 6.07 Å². The van der Waals surface area contributed by atoms with Crippen LogP contribution in [0.1, 0.15) is 12.2 Å². The van der Waals surface area contributed by atoms with Crippen LogP contribution in [-0.2, 0) is 6.54 Å². The second-order valence-electron chi connectivity index (χ2n) is 6.36. The van der Waals surface area contributed by atoms with Crippen molar-refractivity contribution in [2.45, 2.75) is 25.2 Å². The Balaban J connectivity index is 1.76. The normalized spacial score (nSPS) is 20.7. The van der Waals surface area contributed by atoms with Crippen molar-refractivity contribution < 1.29 is 13.2 Å². The Labute approximate surface area is 147 Å². The molecular weight excluding hydrogens is 345 g/mol. The highest BCUT2D eigenvalue weighted by molar-refractivity contribution is 5.79. The summed E-state index contributed by atoms with van der Waals surface area (Å²) in [6.07, 6.45) is 1.42. The largest absolute Gasteiger partial charge is 0.340 e. The van der Waals surface area contributed by atoms with Gasteiger partial charge >= 0.3 is 0 Å². The van der Waals surface area contributed by atoms with Crippen molar-refractivity contribution in [1.82, 2.24) is 19.5 Å². The molecule has 4 rings (SSSR count). The number of rotatable bonds is 3. The van der Waals surface area contributed by atoms with Gasteiger partial charge < -0.3 is 15.2 Å². The molecule has 1 aliphatic rings. The first kappa shape index (κ1) is 16.8. The van der Waals surface area contributed by atoms with Crippen LogP contribution in [0.2, 0.25) is 0 Å². The number of halogens is 3. The Morgan fingerprint density at radius 1 is 1.15 bits per heavy atom. The molecule has 26 heavy (non-hydrogen) atoms. The van der Waals surface area contributed by atoms with Crippen LogP contribution in [-0.4, -0.2) is 44.8 Å². The van der Waals surface area contributed by atoms with Gasteiger partial charge in [-0.25, -0.2) is 28.1 Å². The Bertz CT molecular complexity index is 926. The highest BCUT2D eigenvalue weighted by Gasteiger charge is 2.29. The fourth-order valence-electron chi connectivity index (χ4n) is 3.18. The molecule has 9 heteroatoms. The average molecular weight is 362 g/mol. The van der Waals surface area contributed by atoms with Gasteiger partial charge in [-0.2, -0.15) is 0 Å². The van der Waals surface area contributed by atoms with Gasteiger partial charge in [0.1, 0.15) is 17.8 Å². The summed E-state index contributed by atoms with van der Waals surface area (Å²) in [5, 5.41) is 0. The minimum absolute atomic E-state index is 0.225.